The minimum atomic E-state index is -4.28. The molecule has 0 atom stereocenters. The quantitative estimate of drug-likeness (QED) is 0.615. The Balaban J connectivity index is 1.51. The molecule has 0 spiro atoms. The number of fused-ring (bicyclic) bond motifs is 1. The SMILES string of the molecule is O=S(=O)(c1ccc(F)c(F)c1F)N1CC[NH+](Cc2c(O)ccc3ccccc23)CC1. The Kier molecular flexibility index (Phi) is 5.44. The van der Waals surface area contributed by atoms with Crippen LogP contribution in [0.15, 0.2) is 53.4 Å². The zero-order valence-corrected chi connectivity index (χ0v) is 16.7. The fourth-order valence-electron chi connectivity index (χ4n) is 3.83. The fraction of sp³-hybridized carbons (Fsp3) is 0.238. The van der Waals surface area contributed by atoms with Gasteiger partial charge in [0.1, 0.15) is 17.2 Å². The molecule has 1 fully saturated rings. The third kappa shape index (κ3) is 3.64. The summed E-state index contributed by atoms with van der Waals surface area (Å²) in [5, 5.41) is 12.3. The van der Waals surface area contributed by atoms with Crippen molar-refractivity contribution in [2.45, 2.75) is 11.4 Å². The highest BCUT2D eigenvalue weighted by Gasteiger charge is 2.34. The van der Waals surface area contributed by atoms with Gasteiger partial charge in [-0.3, -0.25) is 0 Å². The average molecular weight is 437 g/mol. The number of benzene rings is 3. The third-order valence-corrected chi connectivity index (χ3v) is 7.41. The van der Waals surface area contributed by atoms with Crippen LogP contribution in [-0.2, 0) is 16.6 Å². The lowest BCUT2D eigenvalue weighted by atomic mass is 10.0. The summed E-state index contributed by atoms with van der Waals surface area (Å²) >= 11 is 0. The number of phenols is 1. The van der Waals surface area contributed by atoms with Crippen LogP contribution in [0, 0.1) is 17.5 Å². The highest BCUT2D eigenvalue weighted by molar-refractivity contribution is 7.89. The van der Waals surface area contributed by atoms with Crippen molar-refractivity contribution in [1.29, 1.82) is 0 Å². The van der Waals surface area contributed by atoms with Gasteiger partial charge in [0, 0.05) is 0 Å². The first-order chi connectivity index (χ1) is 14.3. The summed E-state index contributed by atoms with van der Waals surface area (Å²) in [4.78, 5) is 0.190. The van der Waals surface area contributed by atoms with Gasteiger partial charge in [-0.25, -0.2) is 21.6 Å². The lowest BCUT2D eigenvalue weighted by Crippen LogP contribution is -3.13. The minimum Gasteiger partial charge on any atom is -0.507 e. The van der Waals surface area contributed by atoms with Gasteiger partial charge in [0.25, 0.3) is 0 Å². The van der Waals surface area contributed by atoms with Crippen LogP contribution in [0.2, 0.25) is 0 Å². The maximum atomic E-state index is 14.0. The molecule has 1 heterocycles. The first-order valence-electron chi connectivity index (χ1n) is 9.46. The predicted octanol–water partition coefficient (Wildman–Crippen LogP) is 2.05. The fourth-order valence-corrected chi connectivity index (χ4v) is 5.32. The largest absolute Gasteiger partial charge is 0.507 e. The number of halogens is 3. The van der Waals surface area contributed by atoms with Crippen LogP contribution in [-0.4, -0.2) is 44.0 Å². The molecule has 3 aromatic carbocycles. The Bertz CT molecular complexity index is 1210. The molecular weight excluding hydrogens is 417 g/mol. The molecular formula is C21H20F3N2O3S+. The summed E-state index contributed by atoms with van der Waals surface area (Å²) in [5.41, 5.74) is 0.783. The number of sulfonamides is 1. The Labute approximate surface area is 172 Å². The van der Waals surface area contributed by atoms with Gasteiger partial charge >= 0.3 is 0 Å². The molecule has 0 saturated carbocycles. The van der Waals surface area contributed by atoms with Gasteiger partial charge in [0.05, 0.1) is 31.7 Å². The highest BCUT2D eigenvalue weighted by Crippen LogP contribution is 2.27. The number of quaternary nitrogens is 1. The molecule has 3 aromatic rings. The van der Waals surface area contributed by atoms with Crippen LogP contribution in [0.4, 0.5) is 13.2 Å². The van der Waals surface area contributed by atoms with Crippen LogP contribution in [0.1, 0.15) is 5.56 Å². The predicted molar refractivity (Wildman–Crippen MR) is 105 cm³/mol. The summed E-state index contributed by atoms with van der Waals surface area (Å²) in [7, 11) is -4.28. The van der Waals surface area contributed by atoms with Crippen LogP contribution in [0.5, 0.6) is 5.75 Å². The lowest BCUT2D eigenvalue weighted by Gasteiger charge is -2.32. The van der Waals surface area contributed by atoms with Gasteiger partial charge in [-0.2, -0.15) is 4.31 Å². The van der Waals surface area contributed by atoms with Crippen molar-refractivity contribution in [2.24, 2.45) is 0 Å². The average Bonchev–Trinajstić information content (AvgIpc) is 2.74. The summed E-state index contributed by atoms with van der Waals surface area (Å²) in [5.74, 6) is -4.76. The number of aromatic hydroxyl groups is 1. The van der Waals surface area contributed by atoms with Crippen molar-refractivity contribution in [3.05, 3.63) is 71.5 Å². The number of nitrogens with zero attached hydrogens (tertiary/aromatic N) is 1. The molecule has 2 N–H and O–H groups in total. The first kappa shape index (κ1) is 20.6. The van der Waals surface area contributed by atoms with Crippen LogP contribution in [0.25, 0.3) is 10.8 Å². The molecule has 4 rings (SSSR count). The van der Waals surface area contributed by atoms with Gasteiger partial charge in [0.2, 0.25) is 10.0 Å². The highest BCUT2D eigenvalue weighted by atomic mass is 32.2. The topological polar surface area (TPSA) is 62.0 Å². The van der Waals surface area contributed by atoms with E-state index < -0.39 is 32.4 Å². The van der Waals surface area contributed by atoms with Gasteiger partial charge < -0.3 is 10.0 Å². The maximum Gasteiger partial charge on any atom is 0.246 e. The second-order valence-electron chi connectivity index (χ2n) is 7.29. The zero-order valence-electron chi connectivity index (χ0n) is 15.9. The summed E-state index contributed by atoms with van der Waals surface area (Å²) in [6.45, 7) is 1.55. The summed E-state index contributed by atoms with van der Waals surface area (Å²) in [6, 6.07) is 12.5. The van der Waals surface area contributed by atoms with Crippen LogP contribution in [0.3, 0.4) is 0 Å². The Hall–Kier alpha value is -2.62. The second kappa shape index (κ2) is 7.90. The standard InChI is InChI=1S/C21H19F3N2O3S/c22-17-6-8-19(21(24)20(17)23)30(28,29)26-11-9-25(10-12-26)13-16-15-4-2-1-3-14(15)5-7-18(16)27/h1-8,27H,9-13H2/p+1. The molecule has 0 amide bonds. The van der Waals surface area contributed by atoms with Crippen LogP contribution >= 0.6 is 0 Å². The number of hydrogen-bond acceptors (Lipinski definition) is 3. The first-order valence-corrected chi connectivity index (χ1v) is 10.9. The second-order valence-corrected chi connectivity index (χ2v) is 9.20. The molecule has 0 aromatic heterocycles. The van der Waals surface area contributed by atoms with Gasteiger partial charge in [-0.05, 0) is 29.0 Å². The zero-order chi connectivity index (χ0) is 21.5. The van der Waals surface area contributed by atoms with Crippen molar-refractivity contribution >= 4 is 20.8 Å². The molecule has 0 radical (unpaired) electrons. The number of nitrogens with one attached hydrogen (secondary N) is 1. The number of piperazine rings is 1. The monoisotopic (exact) mass is 437 g/mol. The number of hydrogen-bond donors (Lipinski definition) is 2. The number of phenolic OH excluding ortho intramolecular Hbond substituents is 1. The van der Waals surface area contributed by atoms with E-state index in [1.165, 1.54) is 0 Å². The van der Waals surface area contributed by atoms with E-state index in [0.717, 1.165) is 31.6 Å². The molecule has 0 bridgehead atoms. The molecule has 9 heteroatoms. The molecule has 0 aliphatic carbocycles. The van der Waals surface area contributed by atoms with E-state index in [4.69, 9.17) is 0 Å². The molecule has 30 heavy (non-hydrogen) atoms. The van der Waals surface area contributed by atoms with Gasteiger partial charge in [-0.1, -0.05) is 30.3 Å². The van der Waals surface area contributed by atoms with E-state index in [9.17, 15) is 26.7 Å². The summed E-state index contributed by atoms with van der Waals surface area (Å²) < 4.78 is 67.2. The molecule has 1 saturated heterocycles. The van der Waals surface area contributed by atoms with Gasteiger partial charge in [-0.15, -0.1) is 0 Å². The van der Waals surface area contributed by atoms with E-state index >= 15 is 0 Å². The van der Waals surface area contributed by atoms with Crippen LogP contribution < -0.4 is 4.90 Å². The van der Waals surface area contributed by atoms with Crippen molar-refractivity contribution in [2.75, 3.05) is 26.2 Å². The van der Waals surface area contributed by atoms with Gasteiger partial charge in [0.15, 0.2) is 17.5 Å². The Morgan fingerprint density at radius 2 is 1.63 bits per heavy atom. The van der Waals surface area contributed by atoms with E-state index in [2.05, 4.69) is 0 Å². The minimum absolute atomic E-state index is 0.0988. The van der Waals surface area contributed by atoms with E-state index in [0.29, 0.717) is 25.7 Å². The van der Waals surface area contributed by atoms with Crippen molar-refractivity contribution < 1.29 is 31.6 Å². The normalized spacial score (nSPS) is 16.2. The van der Waals surface area contributed by atoms with Crippen molar-refractivity contribution in [3.63, 3.8) is 0 Å². The summed E-state index contributed by atoms with van der Waals surface area (Å²) in [6.07, 6.45) is 0. The molecule has 1 aliphatic rings. The van der Waals surface area contributed by atoms with E-state index in [1.54, 1.807) is 6.07 Å². The molecule has 5 nitrogen and oxygen atoms in total. The Morgan fingerprint density at radius 1 is 0.933 bits per heavy atom. The van der Waals surface area contributed by atoms with Crippen molar-refractivity contribution in [3.8, 4) is 5.75 Å². The van der Waals surface area contributed by atoms with E-state index in [1.807, 2.05) is 30.3 Å². The lowest BCUT2D eigenvalue weighted by molar-refractivity contribution is -0.917. The number of rotatable bonds is 4. The Morgan fingerprint density at radius 3 is 2.37 bits per heavy atom. The maximum absolute atomic E-state index is 14.0. The van der Waals surface area contributed by atoms with E-state index in [-0.39, 0.29) is 18.8 Å². The molecule has 1 aliphatic heterocycles. The van der Waals surface area contributed by atoms with Crippen molar-refractivity contribution in [1.82, 2.24) is 4.31 Å². The third-order valence-electron chi connectivity index (χ3n) is 5.49. The smallest absolute Gasteiger partial charge is 0.246 e. The molecule has 158 valence electrons. The molecule has 0 unspecified atom stereocenters.